The van der Waals surface area contributed by atoms with Gasteiger partial charge in [0, 0.05) is 36.2 Å². The number of Topliss-reactive ketones (excluding diaryl/α,β-unsaturated/α-hetero) is 1. The zero-order valence-electron chi connectivity index (χ0n) is 15.5. The normalized spacial score (nSPS) is 13.8. The van der Waals surface area contributed by atoms with Crippen molar-refractivity contribution < 1.29 is 14.3 Å². The number of carbonyl (C=O) groups is 2. The van der Waals surface area contributed by atoms with Crippen molar-refractivity contribution in [2.45, 2.75) is 6.92 Å². The second-order valence-corrected chi connectivity index (χ2v) is 7.43. The van der Waals surface area contributed by atoms with Crippen LogP contribution in [0.2, 0.25) is 0 Å². The summed E-state index contributed by atoms with van der Waals surface area (Å²) in [4.78, 5) is 27.9. The summed E-state index contributed by atoms with van der Waals surface area (Å²) in [5, 5.41) is 9.37. The van der Waals surface area contributed by atoms with Crippen LogP contribution in [0.4, 0.5) is 5.69 Å². The Kier molecular flexibility index (Phi) is 6.32. The number of hydrogen-bond acceptors (Lipinski definition) is 5. The number of ketones is 1. The molecule has 0 unspecified atom stereocenters. The molecule has 0 aromatic heterocycles. The Morgan fingerprint density at radius 2 is 1.79 bits per heavy atom. The molecular weight excluding hydrogens is 422 g/mol. The van der Waals surface area contributed by atoms with Gasteiger partial charge in [-0.05, 0) is 49.4 Å². The smallest absolute Gasteiger partial charge is 0.260 e. The number of nitriles is 1. The van der Waals surface area contributed by atoms with Gasteiger partial charge < -0.3 is 14.5 Å². The Morgan fingerprint density at radius 1 is 1.11 bits per heavy atom. The first-order valence-electron chi connectivity index (χ1n) is 8.94. The van der Waals surface area contributed by atoms with E-state index in [1.807, 2.05) is 17.0 Å². The summed E-state index contributed by atoms with van der Waals surface area (Å²) < 4.78 is 6.51. The fourth-order valence-corrected chi connectivity index (χ4v) is 3.34. The molecule has 1 heterocycles. The molecule has 2 aromatic rings. The van der Waals surface area contributed by atoms with E-state index < -0.39 is 0 Å². The molecular formula is C21H20BrN3O3. The van der Waals surface area contributed by atoms with Crippen LogP contribution in [0.25, 0.3) is 0 Å². The van der Waals surface area contributed by atoms with Gasteiger partial charge in [0.05, 0.1) is 11.3 Å². The van der Waals surface area contributed by atoms with Gasteiger partial charge in [-0.15, -0.1) is 0 Å². The number of hydrogen-bond donors (Lipinski definition) is 0. The molecule has 1 amide bonds. The first-order valence-corrected chi connectivity index (χ1v) is 9.73. The van der Waals surface area contributed by atoms with E-state index in [1.165, 1.54) is 6.92 Å². The van der Waals surface area contributed by atoms with Crippen LogP contribution < -0.4 is 9.64 Å². The highest BCUT2D eigenvalue weighted by Gasteiger charge is 2.23. The molecule has 6 nitrogen and oxygen atoms in total. The number of benzene rings is 2. The average molecular weight is 442 g/mol. The van der Waals surface area contributed by atoms with Crippen LogP contribution in [-0.2, 0) is 4.79 Å². The highest BCUT2D eigenvalue weighted by Crippen LogP contribution is 2.24. The van der Waals surface area contributed by atoms with Gasteiger partial charge in [0.25, 0.3) is 5.91 Å². The molecule has 0 saturated carbocycles. The Morgan fingerprint density at radius 3 is 2.39 bits per heavy atom. The number of halogens is 1. The van der Waals surface area contributed by atoms with Gasteiger partial charge in [0.2, 0.25) is 0 Å². The number of nitrogens with zero attached hydrogens (tertiary/aromatic N) is 3. The zero-order chi connectivity index (χ0) is 20.1. The van der Waals surface area contributed by atoms with E-state index in [9.17, 15) is 14.9 Å². The van der Waals surface area contributed by atoms with Gasteiger partial charge in [-0.25, -0.2) is 0 Å². The fourth-order valence-electron chi connectivity index (χ4n) is 3.07. The third-order valence-electron chi connectivity index (χ3n) is 4.67. The number of anilines is 1. The maximum absolute atomic E-state index is 12.4. The van der Waals surface area contributed by atoms with Crippen molar-refractivity contribution in [3.05, 3.63) is 58.1 Å². The molecule has 1 saturated heterocycles. The number of carbonyl (C=O) groups excluding carboxylic acids is 2. The second-order valence-electron chi connectivity index (χ2n) is 6.51. The Labute approximate surface area is 172 Å². The zero-order valence-corrected chi connectivity index (χ0v) is 17.1. The molecule has 1 aliphatic rings. The monoisotopic (exact) mass is 441 g/mol. The van der Waals surface area contributed by atoms with Gasteiger partial charge in [-0.3, -0.25) is 9.59 Å². The van der Waals surface area contributed by atoms with Crippen LogP contribution in [0.15, 0.2) is 46.9 Å². The largest absolute Gasteiger partial charge is 0.484 e. The lowest BCUT2D eigenvalue weighted by Gasteiger charge is -2.36. The van der Waals surface area contributed by atoms with Crippen molar-refractivity contribution in [2.75, 3.05) is 37.7 Å². The number of ether oxygens (including phenoxy) is 1. The molecule has 1 aliphatic heterocycles. The lowest BCUT2D eigenvalue weighted by Crippen LogP contribution is -2.50. The molecule has 144 valence electrons. The number of piperazine rings is 1. The number of amides is 1. The highest BCUT2D eigenvalue weighted by molar-refractivity contribution is 9.10. The summed E-state index contributed by atoms with van der Waals surface area (Å²) in [7, 11) is 0. The molecule has 0 atom stereocenters. The van der Waals surface area contributed by atoms with Crippen LogP contribution in [0.3, 0.4) is 0 Å². The van der Waals surface area contributed by atoms with Crippen molar-refractivity contribution >= 4 is 33.3 Å². The Bertz CT molecular complexity index is 913. The molecule has 0 N–H and O–H groups in total. The summed E-state index contributed by atoms with van der Waals surface area (Å²) in [6.45, 7) is 3.77. The minimum absolute atomic E-state index is 0.00903. The number of rotatable bonds is 5. The maximum atomic E-state index is 12.4. The van der Waals surface area contributed by atoms with Crippen molar-refractivity contribution in [2.24, 2.45) is 0 Å². The summed E-state index contributed by atoms with van der Waals surface area (Å²) in [6, 6.07) is 14.6. The lowest BCUT2D eigenvalue weighted by atomic mass is 10.1. The summed E-state index contributed by atoms with van der Waals surface area (Å²) >= 11 is 3.36. The summed E-state index contributed by atoms with van der Waals surface area (Å²) in [5.74, 6) is 0.542. The average Bonchev–Trinajstić information content (AvgIpc) is 2.72. The lowest BCUT2D eigenvalue weighted by molar-refractivity contribution is -0.133. The van der Waals surface area contributed by atoms with Crippen LogP contribution in [0.5, 0.6) is 5.75 Å². The highest BCUT2D eigenvalue weighted by atomic mass is 79.9. The van der Waals surface area contributed by atoms with Gasteiger partial charge >= 0.3 is 0 Å². The van der Waals surface area contributed by atoms with Crippen molar-refractivity contribution in [3.8, 4) is 11.8 Å². The standard InChI is InChI=1S/C21H20BrN3O3/c1-15(26)16-2-3-17(13-23)20(12-16)24-8-10-25(11-9-24)21(27)14-28-19-6-4-18(22)5-7-19/h2-7,12H,8-11,14H2,1H3. The van der Waals surface area contributed by atoms with Gasteiger partial charge in [-0.2, -0.15) is 5.26 Å². The molecule has 0 radical (unpaired) electrons. The van der Waals surface area contributed by atoms with Crippen molar-refractivity contribution in [3.63, 3.8) is 0 Å². The maximum Gasteiger partial charge on any atom is 0.260 e. The van der Waals surface area contributed by atoms with E-state index >= 15 is 0 Å². The van der Waals surface area contributed by atoms with Crippen LogP contribution in [-0.4, -0.2) is 49.4 Å². The fraction of sp³-hybridized carbons (Fsp3) is 0.286. The third-order valence-corrected chi connectivity index (χ3v) is 5.20. The van der Waals surface area contributed by atoms with E-state index in [-0.39, 0.29) is 18.3 Å². The molecule has 28 heavy (non-hydrogen) atoms. The van der Waals surface area contributed by atoms with Crippen molar-refractivity contribution in [1.82, 2.24) is 4.90 Å². The topological polar surface area (TPSA) is 73.6 Å². The minimum Gasteiger partial charge on any atom is -0.484 e. The van der Waals surface area contributed by atoms with Crippen LogP contribution in [0, 0.1) is 11.3 Å². The minimum atomic E-state index is -0.0689. The first kappa shape index (κ1) is 19.9. The molecule has 1 fully saturated rings. The second kappa shape index (κ2) is 8.89. The molecule has 3 rings (SSSR count). The van der Waals surface area contributed by atoms with E-state index in [1.54, 1.807) is 35.2 Å². The van der Waals surface area contributed by atoms with Crippen LogP contribution >= 0.6 is 15.9 Å². The summed E-state index contributed by atoms with van der Waals surface area (Å²) in [5.41, 5.74) is 1.85. The first-order chi connectivity index (χ1) is 13.5. The van der Waals surface area contributed by atoms with Gasteiger partial charge in [-0.1, -0.05) is 15.9 Å². The van der Waals surface area contributed by atoms with E-state index in [4.69, 9.17) is 4.74 Å². The third kappa shape index (κ3) is 4.70. The molecule has 0 aliphatic carbocycles. The molecule has 0 bridgehead atoms. The molecule has 2 aromatic carbocycles. The van der Waals surface area contributed by atoms with E-state index in [0.29, 0.717) is 43.1 Å². The predicted molar refractivity (Wildman–Crippen MR) is 110 cm³/mol. The summed E-state index contributed by atoms with van der Waals surface area (Å²) in [6.07, 6.45) is 0. The van der Waals surface area contributed by atoms with E-state index in [0.717, 1.165) is 10.2 Å². The Hall–Kier alpha value is -2.85. The van der Waals surface area contributed by atoms with Gasteiger partial charge in [0.1, 0.15) is 11.8 Å². The van der Waals surface area contributed by atoms with Crippen LogP contribution in [0.1, 0.15) is 22.8 Å². The quantitative estimate of drug-likeness (QED) is 0.665. The predicted octanol–water partition coefficient (Wildman–Crippen LogP) is 3.25. The Balaban J connectivity index is 1.59. The molecule has 0 spiro atoms. The van der Waals surface area contributed by atoms with Crippen molar-refractivity contribution in [1.29, 1.82) is 5.26 Å². The SMILES string of the molecule is CC(=O)c1ccc(C#N)c(N2CCN(C(=O)COc3ccc(Br)cc3)CC2)c1. The van der Waals surface area contributed by atoms with Gasteiger partial charge in [0.15, 0.2) is 12.4 Å². The van der Waals surface area contributed by atoms with E-state index in [2.05, 4.69) is 22.0 Å². The molecule has 7 heteroatoms.